The lowest BCUT2D eigenvalue weighted by Crippen LogP contribution is -2.41. The number of H-pyrrole nitrogens is 1. The van der Waals surface area contributed by atoms with Gasteiger partial charge in [-0.25, -0.2) is 4.79 Å². The van der Waals surface area contributed by atoms with Crippen molar-refractivity contribution >= 4 is 17.4 Å². The van der Waals surface area contributed by atoms with Gasteiger partial charge in [-0.15, -0.1) is 0 Å². The summed E-state index contributed by atoms with van der Waals surface area (Å²) in [5, 5.41) is 0. The Bertz CT molecular complexity index is 1150. The molecule has 31 heavy (non-hydrogen) atoms. The van der Waals surface area contributed by atoms with Crippen LogP contribution in [0.5, 0.6) is 0 Å². The second kappa shape index (κ2) is 9.93. The third-order valence-corrected chi connectivity index (χ3v) is 5.26. The van der Waals surface area contributed by atoms with Crippen molar-refractivity contribution in [3.05, 3.63) is 92.1 Å². The number of amides is 1. The predicted molar refractivity (Wildman–Crippen MR) is 124 cm³/mol. The molecule has 7 heteroatoms. The molecule has 0 radical (unpaired) electrons. The Morgan fingerprint density at radius 2 is 1.68 bits per heavy atom. The van der Waals surface area contributed by atoms with Crippen LogP contribution < -0.4 is 21.9 Å². The SMILES string of the molecule is CCCCN(C(=O)c1ccc(CC)cc1)c1c(N)n(Cc2ccccc2)c(=O)[nH]c1=O. The van der Waals surface area contributed by atoms with Gasteiger partial charge in [0.25, 0.3) is 11.5 Å². The molecule has 1 heterocycles. The standard InChI is InChI=1S/C24H28N4O3/c1-3-5-15-27(23(30)19-13-11-17(4-2)12-14-19)20-21(25)28(24(31)26-22(20)29)16-18-9-7-6-8-10-18/h6-14H,3-5,15-16,25H2,1-2H3,(H,26,29,31). The van der Waals surface area contributed by atoms with Crippen molar-refractivity contribution in [2.45, 2.75) is 39.7 Å². The van der Waals surface area contributed by atoms with Crippen LogP contribution >= 0.6 is 0 Å². The molecule has 0 aliphatic heterocycles. The molecule has 0 saturated heterocycles. The Kier molecular flexibility index (Phi) is 7.07. The minimum atomic E-state index is -0.665. The summed E-state index contributed by atoms with van der Waals surface area (Å²) < 4.78 is 1.29. The first kappa shape index (κ1) is 22.1. The lowest BCUT2D eigenvalue weighted by atomic mass is 10.1. The molecule has 0 aliphatic rings. The molecule has 1 aromatic heterocycles. The molecule has 7 nitrogen and oxygen atoms in total. The number of hydrogen-bond donors (Lipinski definition) is 2. The number of nitrogens with zero attached hydrogens (tertiary/aromatic N) is 2. The molecule has 1 amide bonds. The fourth-order valence-corrected chi connectivity index (χ4v) is 3.43. The zero-order valence-corrected chi connectivity index (χ0v) is 17.9. The van der Waals surface area contributed by atoms with E-state index < -0.39 is 11.2 Å². The summed E-state index contributed by atoms with van der Waals surface area (Å²) >= 11 is 0. The van der Waals surface area contributed by atoms with Crippen LogP contribution in [-0.4, -0.2) is 22.0 Å². The number of carbonyl (C=O) groups is 1. The highest BCUT2D eigenvalue weighted by Crippen LogP contribution is 2.21. The molecule has 0 atom stereocenters. The van der Waals surface area contributed by atoms with Crippen LogP contribution in [0.1, 0.15) is 48.2 Å². The average molecular weight is 421 g/mol. The first-order chi connectivity index (χ1) is 15.0. The maximum atomic E-state index is 13.3. The van der Waals surface area contributed by atoms with Crippen LogP contribution in [0.4, 0.5) is 11.5 Å². The van der Waals surface area contributed by atoms with Gasteiger partial charge in [0, 0.05) is 12.1 Å². The zero-order valence-electron chi connectivity index (χ0n) is 17.9. The van der Waals surface area contributed by atoms with Gasteiger partial charge in [-0.2, -0.15) is 0 Å². The van der Waals surface area contributed by atoms with Crippen LogP contribution in [0.25, 0.3) is 0 Å². The van der Waals surface area contributed by atoms with E-state index in [1.54, 1.807) is 12.1 Å². The van der Waals surface area contributed by atoms with Gasteiger partial charge in [0.2, 0.25) is 0 Å². The second-order valence-electron chi connectivity index (χ2n) is 7.43. The number of nitrogen functional groups attached to an aromatic ring is 1. The van der Waals surface area contributed by atoms with Gasteiger partial charge in [0.05, 0.1) is 6.54 Å². The smallest absolute Gasteiger partial charge is 0.330 e. The molecule has 0 bridgehead atoms. The monoisotopic (exact) mass is 420 g/mol. The lowest BCUT2D eigenvalue weighted by Gasteiger charge is -2.24. The number of aromatic nitrogens is 2. The molecule has 3 aromatic rings. The second-order valence-corrected chi connectivity index (χ2v) is 7.43. The molecule has 2 aromatic carbocycles. The van der Waals surface area contributed by atoms with Crippen molar-refractivity contribution in [2.75, 3.05) is 17.2 Å². The van der Waals surface area contributed by atoms with Crippen molar-refractivity contribution in [3.63, 3.8) is 0 Å². The van der Waals surface area contributed by atoms with Crippen molar-refractivity contribution in [2.24, 2.45) is 0 Å². The van der Waals surface area contributed by atoms with E-state index in [1.807, 2.05) is 56.3 Å². The summed E-state index contributed by atoms with van der Waals surface area (Å²) in [4.78, 5) is 42.3. The fourth-order valence-electron chi connectivity index (χ4n) is 3.43. The number of aromatic amines is 1. The molecular weight excluding hydrogens is 392 g/mol. The average Bonchev–Trinajstić information content (AvgIpc) is 2.79. The number of carbonyl (C=O) groups excluding carboxylic acids is 1. The maximum absolute atomic E-state index is 13.3. The van der Waals surface area contributed by atoms with Crippen LogP contribution in [0.15, 0.2) is 64.2 Å². The molecule has 162 valence electrons. The Labute approximate surface area is 181 Å². The number of aryl methyl sites for hydroxylation is 1. The Balaban J connectivity index is 2.07. The highest BCUT2D eigenvalue weighted by atomic mass is 16.2. The Morgan fingerprint density at radius 1 is 1.00 bits per heavy atom. The van der Waals surface area contributed by atoms with Gasteiger partial charge < -0.3 is 10.6 Å². The van der Waals surface area contributed by atoms with E-state index in [-0.39, 0.29) is 24.0 Å². The number of nitrogens with one attached hydrogen (secondary N) is 1. The predicted octanol–water partition coefficient (Wildman–Crippen LogP) is 3.18. The third-order valence-electron chi connectivity index (χ3n) is 5.26. The molecule has 3 N–H and O–H groups in total. The fraction of sp³-hybridized carbons (Fsp3) is 0.292. The van der Waals surface area contributed by atoms with Gasteiger partial charge in [-0.1, -0.05) is 62.7 Å². The van der Waals surface area contributed by atoms with Crippen LogP contribution in [-0.2, 0) is 13.0 Å². The zero-order chi connectivity index (χ0) is 22.4. The molecule has 0 fully saturated rings. The molecular formula is C24H28N4O3. The minimum absolute atomic E-state index is 0.00792. The molecule has 0 spiro atoms. The number of hydrogen-bond acceptors (Lipinski definition) is 4. The highest BCUT2D eigenvalue weighted by molar-refractivity contribution is 6.07. The van der Waals surface area contributed by atoms with Crippen LogP contribution in [0.3, 0.4) is 0 Å². The van der Waals surface area contributed by atoms with Crippen molar-refractivity contribution in [1.29, 1.82) is 0 Å². The van der Waals surface area contributed by atoms with Gasteiger partial charge in [-0.05, 0) is 36.1 Å². The van der Waals surface area contributed by atoms with Crippen molar-refractivity contribution in [1.82, 2.24) is 9.55 Å². The van der Waals surface area contributed by atoms with E-state index in [0.717, 1.165) is 24.0 Å². The number of rotatable bonds is 8. The number of unbranched alkanes of at least 4 members (excludes halogenated alkanes) is 1. The summed E-state index contributed by atoms with van der Waals surface area (Å²) in [6.07, 6.45) is 2.39. The van der Waals surface area contributed by atoms with E-state index in [9.17, 15) is 14.4 Å². The summed E-state index contributed by atoms with van der Waals surface area (Å²) in [6.45, 7) is 4.56. The van der Waals surface area contributed by atoms with Gasteiger partial charge in [0.15, 0.2) is 5.69 Å². The Morgan fingerprint density at radius 3 is 2.29 bits per heavy atom. The molecule has 0 saturated carbocycles. The summed E-state index contributed by atoms with van der Waals surface area (Å²) in [5.41, 5.74) is 7.49. The van der Waals surface area contributed by atoms with E-state index in [0.29, 0.717) is 18.5 Å². The first-order valence-electron chi connectivity index (χ1n) is 10.5. The quantitative estimate of drug-likeness (QED) is 0.584. The van der Waals surface area contributed by atoms with E-state index in [4.69, 9.17) is 5.73 Å². The molecule has 0 unspecified atom stereocenters. The molecule has 3 rings (SSSR count). The van der Waals surface area contributed by atoms with E-state index in [1.165, 1.54) is 9.47 Å². The molecule has 0 aliphatic carbocycles. The first-order valence-corrected chi connectivity index (χ1v) is 10.5. The van der Waals surface area contributed by atoms with Gasteiger partial charge in [0.1, 0.15) is 5.82 Å². The Hall–Kier alpha value is -3.61. The van der Waals surface area contributed by atoms with E-state index >= 15 is 0 Å². The normalized spacial score (nSPS) is 10.8. The van der Waals surface area contributed by atoms with Gasteiger partial charge in [-0.3, -0.25) is 19.1 Å². The topological polar surface area (TPSA) is 101 Å². The summed E-state index contributed by atoms with van der Waals surface area (Å²) in [6, 6.07) is 16.6. The summed E-state index contributed by atoms with van der Waals surface area (Å²) in [7, 11) is 0. The number of anilines is 2. The highest BCUT2D eigenvalue weighted by Gasteiger charge is 2.25. The van der Waals surface area contributed by atoms with Crippen molar-refractivity contribution < 1.29 is 4.79 Å². The summed E-state index contributed by atoms with van der Waals surface area (Å²) in [5.74, 6) is -0.342. The maximum Gasteiger partial charge on any atom is 0.330 e. The largest absolute Gasteiger partial charge is 0.383 e. The third kappa shape index (κ3) is 4.94. The van der Waals surface area contributed by atoms with E-state index in [2.05, 4.69) is 4.98 Å². The van der Waals surface area contributed by atoms with Gasteiger partial charge >= 0.3 is 5.69 Å². The van der Waals surface area contributed by atoms with Crippen LogP contribution in [0, 0.1) is 0 Å². The van der Waals surface area contributed by atoms with Crippen molar-refractivity contribution in [3.8, 4) is 0 Å². The minimum Gasteiger partial charge on any atom is -0.383 e. The number of benzene rings is 2. The van der Waals surface area contributed by atoms with Crippen LogP contribution in [0.2, 0.25) is 0 Å². The number of nitrogens with two attached hydrogens (primary N) is 1. The lowest BCUT2D eigenvalue weighted by molar-refractivity contribution is 0.0986.